The van der Waals surface area contributed by atoms with E-state index in [1.807, 2.05) is 13.8 Å². The molecular formula is C10H15N3OS. The highest BCUT2D eigenvalue weighted by Crippen LogP contribution is 2.20. The number of fused-ring (bicyclic) bond motifs is 1. The van der Waals surface area contributed by atoms with Crippen molar-refractivity contribution in [1.82, 2.24) is 14.9 Å². The van der Waals surface area contributed by atoms with Gasteiger partial charge in [0.05, 0.1) is 24.5 Å². The van der Waals surface area contributed by atoms with Crippen molar-refractivity contribution in [3.63, 3.8) is 0 Å². The Hall–Kier alpha value is -0.910. The molecule has 2 rings (SSSR count). The summed E-state index contributed by atoms with van der Waals surface area (Å²) in [6.45, 7) is 7.44. The number of imidazole rings is 1. The molecular weight excluding hydrogens is 210 g/mol. The fourth-order valence-corrected chi connectivity index (χ4v) is 2.43. The number of rotatable bonds is 4. The lowest BCUT2D eigenvalue weighted by atomic mass is 10.3. The van der Waals surface area contributed by atoms with Gasteiger partial charge in [0.2, 0.25) is 0 Å². The Morgan fingerprint density at radius 1 is 1.53 bits per heavy atom. The average Bonchev–Trinajstić information content (AvgIpc) is 2.65. The van der Waals surface area contributed by atoms with E-state index in [1.54, 1.807) is 11.3 Å². The van der Waals surface area contributed by atoms with Crippen LogP contribution >= 0.6 is 11.3 Å². The van der Waals surface area contributed by atoms with Crippen LogP contribution in [-0.4, -0.2) is 16.0 Å². The minimum atomic E-state index is 0.670. The maximum Gasteiger partial charge on any atom is 0.194 e. The lowest BCUT2D eigenvalue weighted by Gasteiger charge is -2.03. The molecule has 5 heteroatoms. The van der Waals surface area contributed by atoms with Gasteiger partial charge in [-0.25, -0.2) is 4.98 Å². The molecule has 82 valence electrons. The van der Waals surface area contributed by atoms with E-state index in [2.05, 4.69) is 28.0 Å². The molecule has 1 N–H and O–H groups in total. The Balaban J connectivity index is 2.27. The van der Waals surface area contributed by atoms with Crippen molar-refractivity contribution in [2.45, 2.75) is 27.3 Å². The number of aryl methyl sites for hydroxylation is 2. The third-order valence-electron chi connectivity index (χ3n) is 2.23. The molecule has 15 heavy (non-hydrogen) atoms. The Kier molecular flexibility index (Phi) is 3.04. The van der Waals surface area contributed by atoms with E-state index in [0.717, 1.165) is 10.7 Å². The van der Waals surface area contributed by atoms with Crippen molar-refractivity contribution < 1.29 is 4.84 Å². The molecule has 2 aromatic rings. The average molecular weight is 225 g/mol. The summed E-state index contributed by atoms with van der Waals surface area (Å²) in [5.74, 6) is 0. The summed E-state index contributed by atoms with van der Waals surface area (Å²) in [6, 6.07) is 0. The molecule has 2 heterocycles. The van der Waals surface area contributed by atoms with E-state index < -0.39 is 0 Å². The summed E-state index contributed by atoms with van der Waals surface area (Å²) in [4.78, 5) is 12.0. The quantitative estimate of drug-likeness (QED) is 0.639. The lowest BCUT2D eigenvalue weighted by Crippen LogP contribution is -2.15. The third kappa shape index (κ3) is 2.04. The second-order valence-corrected chi connectivity index (χ2v) is 4.61. The summed E-state index contributed by atoms with van der Waals surface area (Å²) < 4.78 is 2.13. The largest absolute Gasteiger partial charge is 0.302 e. The van der Waals surface area contributed by atoms with Gasteiger partial charge in [0.1, 0.15) is 0 Å². The number of nitrogens with one attached hydrogen (secondary N) is 1. The number of hydrogen-bond donors (Lipinski definition) is 1. The van der Waals surface area contributed by atoms with E-state index in [9.17, 15) is 0 Å². The Bertz CT molecular complexity index is 460. The molecule has 0 aromatic carbocycles. The standard InChI is InChI=1S/C10H15N3OS/c1-4-14-11-5-9-8(3)12-10-13(9)6-7(2)15-10/h6,11H,4-5H2,1-3H3. The summed E-state index contributed by atoms with van der Waals surface area (Å²) in [5, 5.41) is 0. The number of aromatic nitrogens is 2. The topological polar surface area (TPSA) is 38.6 Å². The first kappa shape index (κ1) is 10.6. The van der Waals surface area contributed by atoms with Gasteiger partial charge in [-0.05, 0) is 20.8 Å². The fourth-order valence-electron chi connectivity index (χ4n) is 1.54. The highest BCUT2D eigenvalue weighted by molar-refractivity contribution is 7.17. The molecule has 0 atom stereocenters. The van der Waals surface area contributed by atoms with Crippen LogP contribution in [0.3, 0.4) is 0 Å². The first-order valence-corrected chi connectivity index (χ1v) is 5.82. The molecule has 0 saturated carbocycles. The molecule has 0 unspecified atom stereocenters. The van der Waals surface area contributed by atoms with E-state index in [0.29, 0.717) is 13.2 Å². The number of thiazole rings is 1. The lowest BCUT2D eigenvalue weighted by molar-refractivity contribution is 0.0454. The molecule has 0 aliphatic carbocycles. The Morgan fingerprint density at radius 2 is 2.33 bits per heavy atom. The van der Waals surface area contributed by atoms with Crippen LogP contribution in [0.2, 0.25) is 0 Å². The predicted molar refractivity (Wildman–Crippen MR) is 61.0 cm³/mol. The SMILES string of the molecule is CCONCc1c(C)nc2sc(C)cn12. The summed E-state index contributed by atoms with van der Waals surface area (Å²) in [5.41, 5.74) is 5.16. The fraction of sp³-hybridized carbons (Fsp3) is 0.500. The number of hydroxylamine groups is 1. The van der Waals surface area contributed by atoms with Crippen LogP contribution in [-0.2, 0) is 11.4 Å². The van der Waals surface area contributed by atoms with E-state index in [-0.39, 0.29) is 0 Å². The minimum Gasteiger partial charge on any atom is -0.302 e. The monoisotopic (exact) mass is 225 g/mol. The minimum absolute atomic E-state index is 0.670. The Labute approximate surface area is 92.9 Å². The molecule has 0 spiro atoms. The van der Waals surface area contributed by atoms with Gasteiger partial charge < -0.3 is 4.84 Å². The summed E-state index contributed by atoms with van der Waals surface area (Å²) in [6.07, 6.45) is 2.11. The van der Waals surface area contributed by atoms with E-state index in [1.165, 1.54) is 10.6 Å². The smallest absolute Gasteiger partial charge is 0.194 e. The Morgan fingerprint density at radius 3 is 3.07 bits per heavy atom. The molecule has 0 bridgehead atoms. The van der Waals surface area contributed by atoms with Crippen LogP contribution < -0.4 is 5.48 Å². The van der Waals surface area contributed by atoms with E-state index in [4.69, 9.17) is 4.84 Å². The van der Waals surface area contributed by atoms with Gasteiger partial charge in [-0.3, -0.25) is 4.40 Å². The van der Waals surface area contributed by atoms with Crippen LogP contribution in [0, 0.1) is 13.8 Å². The predicted octanol–water partition coefficient (Wildman–Crippen LogP) is 2.05. The second kappa shape index (κ2) is 4.30. The van der Waals surface area contributed by atoms with Crippen molar-refractivity contribution in [2.24, 2.45) is 0 Å². The third-order valence-corrected chi connectivity index (χ3v) is 3.12. The molecule has 0 aliphatic heterocycles. The number of hydrogen-bond acceptors (Lipinski definition) is 4. The van der Waals surface area contributed by atoms with Gasteiger partial charge in [-0.2, -0.15) is 5.48 Å². The van der Waals surface area contributed by atoms with E-state index >= 15 is 0 Å². The van der Waals surface area contributed by atoms with Crippen LogP contribution in [0.1, 0.15) is 23.2 Å². The summed E-state index contributed by atoms with van der Waals surface area (Å²) >= 11 is 1.71. The van der Waals surface area contributed by atoms with Crippen LogP contribution in [0.4, 0.5) is 0 Å². The molecule has 4 nitrogen and oxygen atoms in total. The molecule has 0 aliphatic rings. The summed E-state index contributed by atoms with van der Waals surface area (Å²) in [7, 11) is 0. The van der Waals surface area contributed by atoms with Gasteiger partial charge in [-0.15, -0.1) is 11.3 Å². The molecule has 0 fully saturated rings. The maximum absolute atomic E-state index is 5.13. The van der Waals surface area contributed by atoms with Gasteiger partial charge in [0.15, 0.2) is 4.96 Å². The first-order valence-electron chi connectivity index (χ1n) is 5.01. The zero-order valence-corrected chi connectivity index (χ0v) is 10.0. The molecule has 0 amide bonds. The van der Waals surface area contributed by atoms with Crippen molar-refractivity contribution in [1.29, 1.82) is 0 Å². The zero-order valence-electron chi connectivity index (χ0n) is 9.20. The van der Waals surface area contributed by atoms with Crippen molar-refractivity contribution in [3.8, 4) is 0 Å². The van der Waals surface area contributed by atoms with Crippen molar-refractivity contribution in [3.05, 3.63) is 22.5 Å². The van der Waals surface area contributed by atoms with Gasteiger partial charge in [-0.1, -0.05) is 0 Å². The maximum atomic E-state index is 5.13. The first-order chi connectivity index (χ1) is 7.22. The molecule has 0 saturated heterocycles. The molecule has 2 aromatic heterocycles. The van der Waals surface area contributed by atoms with Gasteiger partial charge in [0, 0.05) is 11.1 Å². The van der Waals surface area contributed by atoms with Gasteiger partial charge >= 0.3 is 0 Å². The van der Waals surface area contributed by atoms with Gasteiger partial charge in [0.25, 0.3) is 0 Å². The zero-order chi connectivity index (χ0) is 10.8. The number of nitrogens with zero attached hydrogens (tertiary/aromatic N) is 2. The molecule has 0 radical (unpaired) electrons. The van der Waals surface area contributed by atoms with Crippen LogP contribution in [0.25, 0.3) is 4.96 Å². The van der Waals surface area contributed by atoms with Crippen LogP contribution in [0.5, 0.6) is 0 Å². The normalized spacial score (nSPS) is 11.4. The van der Waals surface area contributed by atoms with Crippen molar-refractivity contribution in [2.75, 3.05) is 6.61 Å². The second-order valence-electron chi connectivity index (χ2n) is 3.39. The van der Waals surface area contributed by atoms with Crippen LogP contribution in [0.15, 0.2) is 6.20 Å². The van der Waals surface area contributed by atoms with Crippen molar-refractivity contribution >= 4 is 16.3 Å². The highest BCUT2D eigenvalue weighted by Gasteiger charge is 2.10. The highest BCUT2D eigenvalue weighted by atomic mass is 32.1.